The Bertz CT molecular complexity index is 315. The largest absolute Gasteiger partial charge is 0.330 e. The molecule has 0 heterocycles. The monoisotopic (exact) mass is 217 g/mol. The minimum absolute atomic E-state index is 0.856. The molecule has 0 amide bonds. The van der Waals surface area contributed by atoms with E-state index in [0.29, 0.717) is 0 Å². The number of rotatable bonds is 4. The van der Waals surface area contributed by atoms with Crippen molar-refractivity contribution in [2.75, 3.05) is 6.54 Å². The molecule has 0 spiro atoms. The Balaban J connectivity index is 1.95. The van der Waals surface area contributed by atoms with Crippen LogP contribution in [0, 0.1) is 18.8 Å². The molecule has 16 heavy (non-hydrogen) atoms. The second-order valence-electron chi connectivity index (χ2n) is 5.22. The van der Waals surface area contributed by atoms with Gasteiger partial charge in [-0.15, -0.1) is 0 Å². The van der Waals surface area contributed by atoms with Gasteiger partial charge in [-0.2, -0.15) is 0 Å². The number of hydrogen-bond acceptors (Lipinski definition) is 1. The van der Waals surface area contributed by atoms with Crippen molar-refractivity contribution in [1.29, 1.82) is 0 Å². The topological polar surface area (TPSA) is 26.0 Å². The SMILES string of the molecule is Cc1ccc(CC2CCCC2CCN)cc1. The summed E-state index contributed by atoms with van der Waals surface area (Å²) < 4.78 is 0. The quantitative estimate of drug-likeness (QED) is 0.822. The number of benzene rings is 1. The second kappa shape index (κ2) is 5.49. The van der Waals surface area contributed by atoms with Crippen molar-refractivity contribution in [2.24, 2.45) is 17.6 Å². The third-order valence-electron chi connectivity index (χ3n) is 3.97. The average molecular weight is 217 g/mol. The Kier molecular flexibility index (Phi) is 4.00. The minimum atomic E-state index is 0.856. The molecule has 0 aromatic heterocycles. The van der Waals surface area contributed by atoms with Gasteiger partial charge in [0.25, 0.3) is 0 Å². The van der Waals surface area contributed by atoms with E-state index in [9.17, 15) is 0 Å². The summed E-state index contributed by atoms with van der Waals surface area (Å²) in [6, 6.07) is 9.02. The fourth-order valence-electron chi connectivity index (χ4n) is 3.00. The van der Waals surface area contributed by atoms with E-state index in [1.54, 1.807) is 0 Å². The van der Waals surface area contributed by atoms with Crippen LogP contribution in [-0.2, 0) is 6.42 Å². The smallest absolute Gasteiger partial charge is 0.00745 e. The zero-order chi connectivity index (χ0) is 11.4. The predicted molar refractivity (Wildman–Crippen MR) is 69.4 cm³/mol. The summed E-state index contributed by atoms with van der Waals surface area (Å²) in [6.45, 7) is 3.01. The van der Waals surface area contributed by atoms with Crippen molar-refractivity contribution in [3.8, 4) is 0 Å². The lowest BCUT2D eigenvalue weighted by Crippen LogP contribution is -2.15. The maximum Gasteiger partial charge on any atom is -0.00745 e. The summed E-state index contributed by atoms with van der Waals surface area (Å²) in [5.41, 5.74) is 8.54. The normalized spacial score (nSPS) is 24.9. The Labute approximate surface area is 99.0 Å². The van der Waals surface area contributed by atoms with Crippen molar-refractivity contribution in [1.82, 2.24) is 0 Å². The van der Waals surface area contributed by atoms with Gasteiger partial charge in [0.1, 0.15) is 0 Å². The highest BCUT2D eigenvalue weighted by Crippen LogP contribution is 2.36. The van der Waals surface area contributed by atoms with Crippen molar-refractivity contribution >= 4 is 0 Å². The van der Waals surface area contributed by atoms with Gasteiger partial charge in [0.2, 0.25) is 0 Å². The van der Waals surface area contributed by atoms with Gasteiger partial charge in [0.15, 0.2) is 0 Å². The van der Waals surface area contributed by atoms with Crippen LogP contribution in [0.4, 0.5) is 0 Å². The van der Waals surface area contributed by atoms with E-state index in [1.165, 1.54) is 43.2 Å². The molecule has 1 aromatic rings. The first-order valence-electron chi connectivity index (χ1n) is 6.55. The summed E-state index contributed by atoms with van der Waals surface area (Å²) in [5, 5.41) is 0. The number of aryl methyl sites for hydroxylation is 1. The zero-order valence-corrected chi connectivity index (χ0v) is 10.3. The van der Waals surface area contributed by atoms with Gasteiger partial charge in [-0.25, -0.2) is 0 Å². The van der Waals surface area contributed by atoms with Crippen LogP contribution in [0.2, 0.25) is 0 Å². The molecule has 2 N–H and O–H groups in total. The van der Waals surface area contributed by atoms with Gasteiger partial charge < -0.3 is 5.73 Å². The molecule has 1 aliphatic carbocycles. The molecule has 88 valence electrons. The van der Waals surface area contributed by atoms with Crippen LogP contribution in [0.25, 0.3) is 0 Å². The lowest BCUT2D eigenvalue weighted by atomic mass is 9.87. The number of nitrogens with two attached hydrogens (primary N) is 1. The third kappa shape index (κ3) is 2.85. The van der Waals surface area contributed by atoms with Gasteiger partial charge in [-0.05, 0) is 50.1 Å². The molecule has 0 aliphatic heterocycles. The Hall–Kier alpha value is -0.820. The molecule has 2 unspecified atom stereocenters. The van der Waals surface area contributed by atoms with Crippen molar-refractivity contribution < 1.29 is 0 Å². The van der Waals surface area contributed by atoms with Crippen molar-refractivity contribution in [2.45, 2.75) is 39.0 Å². The number of hydrogen-bond donors (Lipinski definition) is 1. The molecule has 1 nitrogen and oxygen atoms in total. The molecular weight excluding hydrogens is 194 g/mol. The second-order valence-corrected chi connectivity index (χ2v) is 5.22. The summed E-state index contributed by atoms with van der Waals surface area (Å²) in [6.07, 6.45) is 6.68. The standard InChI is InChI=1S/C15H23N/c1-12-5-7-13(8-6-12)11-15-4-2-3-14(15)9-10-16/h5-8,14-15H,2-4,9-11,16H2,1H3. The Morgan fingerprint density at radius 2 is 1.81 bits per heavy atom. The maximum atomic E-state index is 5.68. The molecule has 1 aromatic carbocycles. The van der Waals surface area contributed by atoms with Gasteiger partial charge in [0.05, 0.1) is 0 Å². The molecule has 2 rings (SSSR count). The van der Waals surface area contributed by atoms with E-state index in [-0.39, 0.29) is 0 Å². The van der Waals surface area contributed by atoms with Crippen LogP contribution in [0.3, 0.4) is 0 Å². The fourth-order valence-corrected chi connectivity index (χ4v) is 3.00. The van der Waals surface area contributed by atoms with Crippen molar-refractivity contribution in [3.63, 3.8) is 0 Å². The zero-order valence-electron chi connectivity index (χ0n) is 10.3. The van der Waals surface area contributed by atoms with E-state index in [4.69, 9.17) is 5.73 Å². The lowest BCUT2D eigenvalue weighted by Gasteiger charge is -2.18. The molecule has 1 heteroatoms. The third-order valence-corrected chi connectivity index (χ3v) is 3.97. The summed E-state index contributed by atoms with van der Waals surface area (Å²) in [4.78, 5) is 0. The van der Waals surface area contributed by atoms with Crippen LogP contribution < -0.4 is 5.73 Å². The van der Waals surface area contributed by atoms with Crippen LogP contribution >= 0.6 is 0 Å². The first-order valence-corrected chi connectivity index (χ1v) is 6.55. The lowest BCUT2D eigenvalue weighted by molar-refractivity contribution is 0.367. The Morgan fingerprint density at radius 3 is 2.50 bits per heavy atom. The van der Waals surface area contributed by atoms with Crippen LogP contribution in [0.5, 0.6) is 0 Å². The summed E-state index contributed by atoms with van der Waals surface area (Å²) >= 11 is 0. The first kappa shape index (κ1) is 11.7. The Morgan fingerprint density at radius 1 is 1.12 bits per heavy atom. The fraction of sp³-hybridized carbons (Fsp3) is 0.600. The van der Waals surface area contributed by atoms with E-state index in [1.807, 2.05) is 0 Å². The van der Waals surface area contributed by atoms with Gasteiger partial charge in [-0.3, -0.25) is 0 Å². The van der Waals surface area contributed by atoms with Gasteiger partial charge in [-0.1, -0.05) is 42.7 Å². The first-order chi connectivity index (χ1) is 7.79. The van der Waals surface area contributed by atoms with Crippen LogP contribution in [0.1, 0.15) is 36.8 Å². The van der Waals surface area contributed by atoms with Gasteiger partial charge >= 0.3 is 0 Å². The van der Waals surface area contributed by atoms with E-state index < -0.39 is 0 Å². The average Bonchev–Trinajstić information content (AvgIpc) is 2.70. The summed E-state index contributed by atoms with van der Waals surface area (Å²) in [5.74, 6) is 1.76. The maximum absolute atomic E-state index is 5.68. The highest BCUT2D eigenvalue weighted by Gasteiger charge is 2.26. The highest BCUT2D eigenvalue weighted by atomic mass is 14.5. The minimum Gasteiger partial charge on any atom is -0.330 e. The van der Waals surface area contributed by atoms with E-state index >= 15 is 0 Å². The van der Waals surface area contributed by atoms with Gasteiger partial charge in [0, 0.05) is 0 Å². The highest BCUT2D eigenvalue weighted by molar-refractivity contribution is 5.21. The van der Waals surface area contributed by atoms with E-state index in [0.717, 1.165) is 18.4 Å². The molecule has 2 atom stereocenters. The predicted octanol–water partition coefficient (Wildman–Crippen LogP) is 3.30. The molecule has 1 fully saturated rings. The molecule has 0 bridgehead atoms. The molecule has 0 radical (unpaired) electrons. The van der Waals surface area contributed by atoms with Crippen LogP contribution in [-0.4, -0.2) is 6.54 Å². The van der Waals surface area contributed by atoms with Crippen molar-refractivity contribution in [3.05, 3.63) is 35.4 Å². The molecule has 1 saturated carbocycles. The molecule has 1 aliphatic rings. The van der Waals surface area contributed by atoms with E-state index in [2.05, 4.69) is 31.2 Å². The summed E-state index contributed by atoms with van der Waals surface area (Å²) in [7, 11) is 0. The molecular formula is C15H23N. The van der Waals surface area contributed by atoms with Crippen LogP contribution in [0.15, 0.2) is 24.3 Å². The molecule has 0 saturated heterocycles.